The first-order valence-corrected chi connectivity index (χ1v) is 12.7. The van der Waals surface area contributed by atoms with Crippen LogP contribution in [-0.4, -0.2) is 29.9 Å². The van der Waals surface area contributed by atoms with Crippen LogP contribution in [-0.2, 0) is 15.6 Å². The Morgan fingerprint density at radius 1 is 0.946 bits per heavy atom. The summed E-state index contributed by atoms with van der Waals surface area (Å²) in [6.07, 6.45) is 1.24. The maximum Gasteiger partial charge on any atom is 0.336 e. The van der Waals surface area contributed by atoms with E-state index in [1.54, 1.807) is 29.2 Å². The van der Waals surface area contributed by atoms with Crippen molar-refractivity contribution < 1.29 is 14.7 Å². The van der Waals surface area contributed by atoms with Crippen LogP contribution in [0.5, 0.6) is 5.75 Å². The molecule has 37 heavy (non-hydrogen) atoms. The predicted molar refractivity (Wildman–Crippen MR) is 155 cm³/mol. The molecule has 2 N–H and O–H groups in total. The molecule has 0 spiro atoms. The third-order valence-electron chi connectivity index (χ3n) is 6.25. The number of phenols is 1. The number of rotatable bonds is 5. The molecule has 1 aliphatic heterocycles. The SMILES string of the molecule is CC(C)(C)c1cc(N2CC(=O)N(c3ccc(N(C=N)c4cccs4)cc3)C2=O)cc(C(C)(C)C)c1O.Cl. The number of hydrogen-bond donors (Lipinski definition) is 2. The van der Waals surface area contributed by atoms with E-state index in [0.717, 1.165) is 21.8 Å². The van der Waals surface area contributed by atoms with E-state index >= 15 is 0 Å². The molecule has 0 radical (unpaired) electrons. The summed E-state index contributed by atoms with van der Waals surface area (Å²) in [5.74, 6) is -0.0942. The third kappa shape index (κ3) is 5.36. The minimum Gasteiger partial charge on any atom is -0.507 e. The Morgan fingerprint density at radius 3 is 1.97 bits per heavy atom. The predicted octanol–water partition coefficient (Wildman–Crippen LogP) is 7.19. The normalized spacial score (nSPS) is 14.1. The Bertz CT molecular complexity index is 1270. The Balaban J connectivity index is 0.00000380. The fraction of sp³-hybridized carbons (Fsp3) is 0.321. The van der Waals surface area contributed by atoms with Crippen LogP contribution in [0.25, 0.3) is 0 Å². The van der Waals surface area contributed by atoms with Gasteiger partial charge in [0.05, 0.1) is 12.0 Å². The Morgan fingerprint density at radius 2 is 1.51 bits per heavy atom. The molecule has 1 aliphatic rings. The monoisotopic (exact) mass is 540 g/mol. The maximum atomic E-state index is 13.5. The topological polar surface area (TPSA) is 87.9 Å². The molecular formula is C28H33ClN4O3S. The van der Waals surface area contributed by atoms with Crippen molar-refractivity contribution in [1.29, 1.82) is 5.41 Å². The molecule has 4 rings (SSSR count). The molecule has 2 heterocycles. The van der Waals surface area contributed by atoms with Crippen molar-refractivity contribution in [2.24, 2.45) is 0 Å². The van der Waals surface area contributed by atoms with E-state index in [-0.39, 0.29) is 41.4 Å². The molecular weight excluding hydrogens is 508 g/mol. The second kappa shape index (κ2) is 10.2. The number of benzene rings is 2. The molecule has 0 aliphatic carbocycles. The van der Waals surface area contributed by atoms with Crippen LogP contribution in [0.4, 0.5) is 26.9 Å². The van der Waals surface area contributed by atoms with Gasteiger partial charge in [-0.3, -0.25) is 20.0 Å². The Kier molecular flexibility index (Phi) is 7.77. The highest BCUT2D eigenvalue weighted by atomic mass is 35.5. The summed E-state index contributed by atoms with van der Waals surface area (Å²) in [4.78, 5) is 30.9. The number of nitrogens with one attached hydrogen (secondary N) is 1. The molecule has 7 nitrogen and oxygen atoms in total. The lowest BCUT2D eigenvalue weighted by atomic mass is 9.79. The summed E-state index contributed by atoms with van der Waals surface area (Å²) >= 11 is 1.52. The lowest BCUT2D eigenvalue weighted by Gasteiger charge is -2.29. The number of anilines is 4. The van der Waals surface area contributed by atoms with Gasteiger partial charge in [0.1, 0.15) is 17.3 Å². The van der Waals surface area contributed by atoms with E-state index in [1.807, 2.05) is 71.2 Å². The average Bonchev–Trinajstić information content (AvgIpc) is 3.42. The number of urea groups is 1. The number of phenolic OH excluding ortho intramolecular Hbond substituents is 1. The first-order valence-electron chi connectivity index (χ1n) is 11.8. The van der Waals surface area contributed by atoms with Gasteiger partial charge in [-0.2, -0.15) is 0 Å². The zero-order valence-corrected chi connectivity index (χ0v) is 23.5. The van der Waals surface area contributed by atoms with Crippen molar-refractivity contribution in [3.05, 3.63) is 65.0 Å². The smallest absolute Gasteiger partial charge is 0.336 e. The highest BCUT2D eigenvalue weighted by Gasteiger charge is 2.39. The maximum absolute atomic E-state index is 13.5. The van der Waals surface area contributed by atoms with Gasteiger partial charge in [0.25, 0.3) is 5.91 Å². The fourth-order valence-electron chi connectivity index (χ4n) is 4.31. The first kappa shape index (κ1) is 28.2. The number of imide groups is 1. The van der Waals surface area contributed by atoms with Crippen LogP contribution in [0.1, 0.15) is 52.7 Å². The molecule has 9 heteroatoms. The summed E-state index contributed by atoms with van der Waals surface area (Å²) in [6.45, 7) is 12.0. The Hall–Kier alpha value is -3.36. The number of aromatic hydroxyl groups is 1. The molecule has 0 atom stereocenters. The third-order valence-corrected chi connectivity index (χ3v) is 7.11. The molecule has 196 valence electrons. The number of halogens is 1. The van der Waals surface area contributed by atoms with Crippen molar-refractivity contribution in [3.63, 3.8) is 0 Å². The summed E-state index contributed by atoms with van der Waals surface area (Å²) in [6, 6.07) is 14.0. The molecule has 0 unspecified atom stereocenters. The highest BCUT2D eigenvalue weighted by molar-refractivity contribution is 7.14. The van der Waals surface area contributed by atoms with E-state index in [1.165, 1.54) is 27.5 Å². The summed E-state index contributed by atoms with van der Waals surface area (Å²) in [5.41, 5.74) is 2.57. The van der Waals surface area contributed by atoms with E-state index < -0.39 is 6.03 Å². The molecule has 3 amide bonds. The van der Waals surface area contributed by atoms with Gasteiger partial charge in [-0.1, -0.05) is 41.5 Å². The molecule has 0 bridgehead atoms. The van der Waals surface area contributed by atoms with E-state index in [0.29, 0.717) is 11.4 Å². The molecule has 1 fully saturated rings. The largest absolute Gasteiger partial charge is 0.507 e. The highest BCUT2D eigenvalue weighted by Crippen LogP contribution is 2.42. The van der Waals surface area contributed by atoms with Crippen molar-refractivity contribution in [2.75, 3.05) is 21.2 Å². The van der Waals surface area contributed by atoms with Gasteiger partial charge in [-0.25, -0.2) is 9.69 Å². The van der Waals surface area contributed by atoms with E-state index in [9.17, 15) is 14.7 Å². The average molecular weight is 541 g/mol. The molecule has 1 saturated heterocycles. The minimum atomic E-state index is -0.430. The number of amides is 3. The summed E-state index contributed by atoms with van der Waals surface area (Å²) in [7, 11) is 0. The number of hydrogen-bond acceptors (Lipinski definition) is 5. The molecule has 2 aromatic carbocycles. The molecule has 0 saturated carbocycles. The van der Waals surface area contributed by atoms with Crippen LogP contribution in [0.15, 0.2) is 53.9 Å². The van der Waals surface area contributed by atoms with E-state index in [4.69, 9.17) is 5.41 Å². The number of nitrogens with zero attached hydrogens (tertiary/aromatic N) is 3. The molecule has 1 aromatic heterocycles. The second-order valence-corrected chi connectivity index (χ2v) is 11.9. The summed E-state index contributed by atoms with van der Waals surface area (Å²) < 4.78 is 0. The van der Waals surface area contributed by atoms with Crippen molar-refractivity contribution in [3.8, 4) is 5.75 Å². The van der Waals surface area contributed by atoms with Gasteiger partial charge in [-0.15, -0.1) is 23.7 Å². The van der Waals surface area contributed by atoms with E-state index in [2.05, 4.69) is 0 Å². The fourth-order valence-corrected chi connectivity index (χ4v) is 5.04. The standard InChI is InChI=1S/C28H32N4O3S.ClH/c1-27(2,3)21-14-20(15-22(25(21)34)28(4,5)6)30-16-23(33)32(26(30)35)19-11-9-18(10-12-19)31(17-29)24-8-7-13-36-24;/h7-15,17,29,34H,16H2,1-6H3;1H. The zero-order valence-electron chi connectivity index (χ0n) is 21.9. The van der Waals surface area contributed by atoms with Crippen LogP contribution in [0.3, 0.4) is 0 Å². The summed E-state index contributed by atoms with van der Waals surface area (Å²) in [5, 5.41) is 21.7. The van der Waals surface area contributed by atoms with Gasteiger partial charge < -0.3 is 5.11 Å². The van der Waals surface area contributed by atoms with Crippen LogP contribution in [0.2, 0.25) is 0 Å². The quantitative estimate of drug-likeness (QED) is 0.204. The van der Waals surface area contributed by atoms with Crippen LogP contribution < -0.4 is 14.7 Å². The van der Waals surface area contributed by atoms with Crippen molar-refractivity contribution >= 4 is 64.1 Å². The van der Waals surface area contributed by atoms with Gasteiger partial charge in [0.15, 0.2) is 0 Å². The van der Waals surface area contributed by atoms with Crippen LogP contribution in [0, 0.1) is 5.41 Å². The first-order chi connectivity index (χ1) is 16.8. The van der Waals surface area contributed by atoms with Crippen molar-refractivity contribution in [2.45, 2.75) is 52.4 Å². The lowest BCUT2D eigenvalue weighted by molar-refractivity contribution is -0.115. The Labute approximate surface area is 228 Å². The lowest BCUT2D eigenvalue weighted by Crippen LogP contribution is -2.33. The zero-order chi connectivity index (χ0) is 26.4. The van der Waals surface area contributed by atoms with Gasteiger partial charge >= 0.3 is 6.03 Å². The number of thiophene rings is 1. The number of carbonyl (C=O) groups excluding carboxylic acids is 2. The van der Waals surface area contributed by atoms with Gasteiger partial charge in [0, 0.05) is 22.5 Å². The molecule has 3 aromatic rings. The number of carbonyl (C=O) groups is 2. The van der Waals surface area contributed by atoms with Gasteiger partial charge in [-0.05, 0) is 64.7 Å². The second-order valence-electron chi connectivity index (χ2n) is 11.0. The van der Waals surface area contributed by atoms with Crippen LogP contribution >= 0.6 is 23.7 Å². The van der Waals surface area contributed by atoms with Gasteiger partial charge in [0.2, 0.25) is 0 Å². The minimum absolute atomic E-state index is 0. The van der Waals surface area contributed by atoms with Crippen molar-refractivity contribution in [1.82, 2.24) is 0 Å².